The molecule has 0 unspecified atom stereocenters. The number of carbonyl (C=O) groups excluding carboxylic acids is 1. The second kappa shape index (κ2) is 12.7. The number of nitrogens with zero attached hydrogens (tertiary/aromatic N) is 5. The number of halogens is 1. The summed E-state index contributed by atoms with van der Waals surface area (Å²) in [6.07, 6.45) is 5.00. The van der Waals surface area contributed by atoms with Crippen LogP contribution in [0.25, 0.3) is 22.2 Å². The number of amides is 1. The molecule has 1 saturated heterocycles. The van der Waals surface area contributed by atoms with Gasteiger partial charge in [-0.2, -0.15) is 4.98 Å². The Bertz CT molecular complexity index is 1540. The van der Waals surface area contributed by atoms with Gasteiger partial charge in [0.1, 0.15) is 18.0 Å². The van der Waals surface area contributed by atoms with Gasteiger partial charge in [-0.05, 0) is 56.6 Å². The zero-order chi connectivity index (χ0) is 28.8. The van der Waals surface area contributed by atoms with Crippen LogP contribution in [0.15, 0.2) is 72.9 Å². The Labute approximate surface area is 238 Å². The lowest BCUT2D eigenvalue weighted by Gasteiger charge is -2.39. The van der Waals surface area contributed by atoms with Crippen LogP contribution >= 0.6 is 0 Å². The monoisotopic (exact) mass is 555 g/mol. The molecule has 0 saturated carbocycles. The molecule has 0 radical (unpaired) electrons. The van der Waals surface area contributed by atoms with Crippen molar-refractivity contribution in [2.45, 2.75) is 6.04 Å². The van der Waals surface area contributed by atoms with Gasteiger partial charge >= 0.3 is 0 Å². The predicted molar refractivity (Wildman–Crippen MR) is 163 cm³/mol. The number of likely N-dealkylation sites (tertiary alicyclic amines) is 1. The number of nitrogens with one attached hydrogen (secondary N) is 3. The number of anilines is 5. The van der Waals surface area contributed by atoms with Crippen molar-refractivity contribution in [1.29, 1.82) is 0 Å². The van der Waals surface area contributed by atoms with Crippen molar-refractivity contribution in [3.05, 3.63) is 72.9 Å². The molecule has 4 aromatic rings. The number of fused-ring (bicyclic) bond motifs is 1. The van der Waals surface area contributed by atoms with E-state index in [1.54, 1.807) is 12.3 Å². The van der Waals surface area contributed by atoms with E-state index in [-0.39, 0.29) is 12.6 Å². The van der Waals surface area contributed by atoms with Gasteiger partial charge < -0.3 is 26.6 Å². The van der Waals surface area contributed by atoms with E-state index in [1.807, 2.05) is 73.6 Å². The number of alkyl halides is 1. The number of carbonyl (C=O) groups is 1. The highest BCUT2D eigenvalue weighted by atomic mass is 19.1. The molecule has 1 aliphatic rings. The molecule has 0 atom stereocenters. The van der Waals surface area contributed by atoms with Gasteiger partial charge in [0, 0.05) is 66.5 Å². The van der Waals surface area contributed by atoms with Gasteiger partial charge in [-0.15, -0.1) is 0 Å². The molecule has 5 N–H and O–H groups in total. The quantitative estimate of drug-likeness (QED) is 0.202. The van der Waals surface area contributed by atoms with E-state index in [1.165, 1.54) is 6.08 Å². The molecule has 1 amide bonds. The maximum atomic E-state index is 12.5. The molecule has 3 heterocycles. The normalized spacial score (nSPS) is 14.0. The SMILES string of the molecule is CN(C)CC=CC(=O)Nc1cccc(-c2nccc3c(N)nc(Nc4ccc(NC5CN(CCF)C5)cc4)nc23)c1. The summed E-state index contributed by atoms with van der Waals surface area (Å²) in [6, 6.07) is 17.4. The van der Waals surface area contributed by atoms with Gasteiger partial charge in [0.25, 0.3) is 0 Å². The van der Waals surface area contributed by atoms with E-state index in [2.05, 4.69) is 30.8 Å². The first-order valence-corrected chi connectivity index (χ1v) is 13.4. The molecule has 1 aliphatic heterocycles. The third-order valence-corrected chi connectivity index (χ3v) is 6.66. The molecule has 2 aromatic heterocycles. The summed E-state index contributed by atoms with van der Waals surface area (Å²) in [5.74, 6) is 0.472. The highest BCUT2D eigenvalue weighted by Gasteiger charge is 2.25. The van der Waals surface area contributed by atoms with Crippen molar-refractivity contribution >= 4 is 45.6 Å². The average molecular weight is 556 g/mol. The molecular weight excluding hydrogens is 521 g/mol. The van der Waals surface area contributed by atoms with Crippen LogP contribution in [0.4, 0.5) is 33.2 Å². The van der Waals surface area contributed by atoms with Crippen molar-refractivity contribution in [3.8, 4) is 11.3 Å². The van der Waals surface area contributed by atoms with Crippen LogP contribution in [0.2, 0.25) is 0 Å². The summed E-state index contributed by atoms with van der Waals surface area (Å²) in [5.41, 5.74) is 10.8. The topological polar surface area (TPSA) is 124 Å². The minimum atomic E-state index is -0.314. The van der Waals surface area contributed by atoms with Crippen LogP contribution in [-0.2, 0) is 4.79 Å². The zero-order valence-corrected chi connectivity index (χ0v) is 23.1. The predicted octanol–water partition coefficient (Wildman–Crippen LogP) is 4.14. The molecular formula is C30H34FN9O. The maximum Gasteiger partial charge on any atom is 0.248 e. The summed E-state index contributed by atoms with van der Waals surface area (Å²) in [7, 11) is 3.88. The van der Waals surface area contributed by atoms with Crippen LogP contribution in [0.5, 0.6) is 0 Å². The van der Waals surface area contributed by atoms with Gasteiger partial charge in [0.05, 0.1) is 11.7 Å². The molecule has 0 aliphatic carbocycles. The van der Waals surface area contributed by atoms with E-state index < -0.39 is 0 Å². The fraction of sp³-hybridized carbons (Fsp3) is 0.267. The summed E-state index contributed by atoms with van der Waals surface area (Å²) in [4.78, 5) is 30.2. The molecule has 2 aromatic carbocycles. The van der Waals surface area contributed by atoms with Gasteiger partial charge in [-0.3, -0.25) is 14.7 Å². The number of benzene rings is 2. The van der Waals surface area contributed by atoms with E-state index in [4.69, 9.17) is 10.7 Å². The molecule has 41 heavy (non-hydrogen) atoms. The van der Waals surface area contributed by atoms with Gasteiger partial charge in [-0.1, -0.05) is 18.2 Å². The molecule has 10 nitrogen and oxygen atoms in total. The number of rotatable bonds is 11. The van der Waals surface area contributed by atoms with Crippen molar-refractivity contribution < 1.29 is 9.18 Å². The number of pyridine rings is 1. The van der Waals surface area contributed by atoms with Gasteiger partial charge in [0.2, 0.25) is 11.9 Å². The first-order valence-electron chi connectivity index (χ1n) is 13.4. The molecule has 212 valence electrons. The zero-order valence-electron chi connectivity index (χ0n) is 23.1. The Morgan fingerprint density at radius 1 is 1.10 bits per heavy atom. The van der Waals surface area contributed by atoms with Gasteiger partial charge in [-0.25, -0.2) is 9.37 Å². The first kappa shape index (κ1) is 27.9. The Morgan fingerprint density at radius 2 is 1.88 bits per heavy atom. The fourth-order valence-electron chi connectivity index (χ4n) is 4.62. The molecule has 5 rings (SSSR count). The molecule has 11 heteroatoms. The van der Waals surface area contributed by atoms with E-state index in [0.717, 1.165) is 30.0 Å². The first-order chi connectivity index (χ1) is 19.9. The van der Waals surface area contributed by atoms with Crippen molar-refractivity contribution in [2.75, 3.05) is 68.6 Å². The van der Waals surface area contributed by atoms with Crippen molar-refractivity contribution in [3.63, 3.8) is 0 Å². The lowest BCUT2D eigenvalue weighted by atomic mass is 10.1. The number of hydrogen-bond acceptors (Lipinski definition) is 9. The summed E-state index contributed by atoms with van der Waals surface area (Å²) < 4.78 is 12.5. The van der Waals surface area contributed by atoms with Crippen LogP contribution in [0.3, 0.4) is 0 Å². The lowest BCUT2D eigenvalue weighted by molar-refractivity contribution is -0.111. The maximum absolute atomic E-state index is 12.5. The summed E-state index contributed by atoms with van der Waals surface area (Å²) in [5, 5.41) is 10.3. The van der Waals surface area contributed by atoms with Crippen LogP contribution in [0.1, 0.15) is 0 Å². The van der Waals surface area contributed by atoms with Crippen molar-refractivity contribution in [2.24, 2.45) is 0 Å². The third kappa shape index (κ3) is 7.13. The number of likely N-dealkylation sites (N-methyl/N-ethyl adjacent to an activating group) is 1. The molecule has 1 fully saturated rings. The number of nitrogen functional groups attached to an aromatic ring is 1. The second-order valence-electron chi connectivity index (χ2n) is 10.2. The van der Waals surface area contributed by atoms with Crippen molar-refractivity contribution in [1.82, 2.24) is 24.8 Å². The smallest absolute Gasteiger partial charge is 0.248 e. The fourth-order valence-corrected chi connectivity index (χ4v) is 4.62. The lowest BCUT2D eigenvalue weighted by Crippen LogP contribution is -2.55. The second-order valence-corrected chi connectivity index (χ2v) is 10.2. The minimum absolute atomic E-state index is 0.208. The number of aromatic nitrogens is 3. The van der Waals surface area contributed by atoms with E-state index in [0.29, 0.717) is 53.2 Å². The highest BCUT2D eigenvalue weighted by molar-refractivity contribution is 6.01. The summed E-state index contributed by atoms with van der Waals surface area (Å²) >= 11 is 0. The van der Waals surface area contributed by atoms with Crippen LogP contribution in [0, 0.1) is 0 Å². The molecule has 0 spiro atoms. The van der Waals surface area contributed by atoms with E-state index in [9.17, 15) is 9.18 Å². The van der Waals surface area contributed by atoms with Crippen LogP contribution in [-0.4, -0.2) is 83.6 Å². The molecule has 0 bridgehead atoms. The Morgan fingerprint density at radius 3 is 2.63 bits per heavy atom. The Hall–Kier alpha value is -4.61. The highest BCUT2D eigenvalue weighted by Crippen LogP contribution is 2.30. The average Bonchev–Trinajstić information content (AvgIpc) is 2.92. The third-order valence-electron chi connectivity index (χ3n) is 6.66. The van der Waals surface area contributed by atoms with Crippen LogP contribution < -0.4 is 21.7 Å². The van der Waals surface area contributed by atoms with E-state index >= 15 is 0 Å². The largest absolute Gasteiger partial charge is 0.383 e. The standard InChI is InChI=1S/C30H34FN9O/c1-39(2)15-4-7-26(41)35-23-6-3-5-20(17-23)27-28-25(12-14-33-27)29(32)38-30(37-28)36-22-10-8-21(9-11-22)34-24-18-40(19-24)16-13-31/h3-12,14,17,24,34H,13,15-16,18-19H2,1-2H3,(H,35,41)(H3,32,36,37,38). The number of nitrogens with two attached hydrogens (primary N) is 1. The minimum Gasteiger partial charge on any atom is -0.383 e. The number of hydrogen-bond donors (Lipinski definition) is 4. The Balaban J connectivity index is 1.32. The Kier molecular flexibility index (Phi) is 8.66. The summed E-state index contributed by atoms with van der Waals surface area (Å²) in [6.45, 7) is 2.53. The van der Waals surface area contributed by atoms with Gasteiger partial charge in [0.15, 0.2) is 0 Å².